The van der Waals surface area contributed by atoms with Crippen LogP contribution >= 0.6 is 0 Å². The van der Waals surface area contributed by atoms with Crippen molar-refractivity contribution in [1.29, 1.82) is 0 Å². The van der Waals surface area contributed by atoms with Crippen molar-refractivity contribution in [3.05, 3.63) is 23.8 Å². The number of hydrogen-bond donors (Lipinski definition) is 2. The molecule has 1 fully saturated rings. The summed E-state index contributed by atoms with van der Waals surface area (Å²) in [4.78, 5) is 27.1. The molecule has 1 aromatic rings. The van der Waals surface area contributed by atoms with E-state index in [4.69, 9.17) is 5.73 Å². The summed E-state index contributed by atoms with van der Waals surface area (Å²) in [5.74, 6) is -1.03. The Kier molecular flexibility index (Phi) is 4.35. The van der Waals surface area contributed by atoms with Crippen LogP contribution in [0.1, 0.15) is 30.1 Å². The number of carboxylic acid groups (broad SMARTS) is 1. The lowest BCUT2D eigenvalue weighted by molar-refractivity contribution is -0.130. The molecule has 2 rings (SSSR count). The van der Waals surface area contributed by atoms with Gasteiger partial charge in [-0.05, 0) is 38.0 Å². The molecule has 0 unspecified atom stereocenters. The molecule has 114 valence electrons. The minimum atomic E-state index is -1.05. The normalized spacial score (nSPS) is 13.8. The fraction of sp³-hybridized carbons (Fsp3) is 0.467. The first-order valence-electron chi connectivity index (χ1n) is 7.07. The number of aromatic carboxylic acids is 1. The van der Waals surface area contributed by atoms with E-state index in [2.05, 4.69) is 0 Å². The molecule has 21 heavy (non-hydrogen) atoms. The maximum Gasteiger partial charge on any atom is 0.337 e. The molecule has 0 spiro atoms. The van der Waals surface area contributed by atoms with Crippen molar-refractivity contribution in [3.63, 3.8) is 0 Å². The third-order valence-corrected chi connectivity index (χ3v) is 3.68. The molecule has 0 bridgehead atoms. The van der Waals surface area contributed by atoms with Gasteiger partial charge in [-0.25, -0.2) is 4.79 Å². The van der Waals surface area contributed by atoms with Gasteiger partial charge >= 0.3 is 5.97 Å². The molecule has 0 aromatic heterocycles. The number of nitrogen functional groups attached to an aromatic ring is 1. The van der Waals surface area contributed by atoms with Gasteiger partial charge in [-0.3, -0.25) is 4.79 Å². The van der Waals surface area contributed by atoms with E-state index in [1.54, 1.807) is 24.1 Å². The highest BCUT2D eigenvalue weighted by Crippen LogP contribution is 2.27. The van der Waals surface area contributed by atoms with E-state index in [0.717, 1.165) is 12.8 Å². The Balaban J connectivity index is 2.14. The van der Waals surface area contributed by atoms with Crippen molar-refractivity contribution in [1.82, 2.24) is 4.90 Å². The molecule has 1 aromatic carbocycles. The predicted octanol–water partition coefficient (Wildman–Crippen LogP) is 1.41. The summed E-state index contributed by atoms with van der Waals surface area (Å²) in [6.45, 7) is 2.81. The van der Waals surface area contributed by atoms with Crippen LogP contribution in [0.25, 0.3) is 0 Å². The van der Waals surface area contributed by atoms with Gasteiger partial charge in [-0.2, -0.15) is 0 Å². The molecule has 0 radical (unpaired) electrons. The van der Waals surface area contributed by atoms with E-state index in [9.17, 15) is 14.7 Å². The van der Waals surface area contributed by atoms with Gasteiger partial charge in [-0.1, -0.05) is 0 Å². The molecular formula is C15H21N3O3. The topological polar surface area (TPSA) is 86.9 Å². The minimum absolute atomic E-state index is 0.0238. The van der Waals surface area contributed by atoms with Gasteiger partial charge in [-0.15, -0.1) is 0 Å². The number of hydrogen-bond acceptors (Lipinski definition) is 4. The van der Waals surface area contributed by atoms with Gasteiger partial charge < -0.3 is 20.6 Å². The molecule has 1 amide bonds. The zero-order valence-electron chi connectivity index (χ0n) is 12.4. The van der Waals surface area contributed by atoms with E-state index in [0.29, 0.717) is 24.0 Å². The Bertz CT molecular complexity index is 555. The number of carboxylic acids is 1. The predicted molar refractivity (Wildman–Crippen MR) is 81.5 cm³/mol. The van der Waals surface area contributed by atoms with Gasteiger partial charge in [0.25, 0.3) is 0 Å². The van der Waals surface area contributed by atoms with Crippen LogP contribution in [-0.4, -0.2) is 48.1 Å². The van der Waals surface area contributed by atoms with Crippen molar-refractivity contribution in [2.45, 2.75) is 25.8 Å². The number of benzene rings is 1. The average molecular weight is 291 g/mol. The molecule has 1 aliphatic carbocycles. The minimum Gasteiger partial charge on any atom is -0.478 e. The molecule has 1 aliphatic rings. The van der Waals surface area contributed by atoms with Crippen LogP contribution in [0.3, 0.4) is 0 Å². The fourth-order valence-electron chi connectivity index (χ4n) is 2.46. The number of nitrogens with two attached hydrogens (primary N) is 1. The van der Waals surface area contributed by atoms with Crippen LogP contribution in [0.15, 0.2) is 18.2 Å². The molecule has 0 atom stereocenters. The van der Waals surface area contributed by atoms with Crippen LogP contribution in [0.2, 0.25) is 0 Å². The highest BCUT2D eigenvalue weighted by molar-refractivity contribution is 5.96. The van der Waals surface area contributed by atoms with Crippen molar-refractivity contribution < 1.29 is 14.7 Å². The van der Waals surface area contributed by atoms with Crippen molar-refractivity contribution in [3.8, 4) is 0 Å². The first kappa shape index (κ1) is 15.2. The lowest BCUT2D eigenvalue weighted by atomic mass is 10.1. The Morgan fingerprint density at radius 1 is 1.38 bits per heavy atom. The Morgan fingerprint density at radius 3 is 2.57 bits per heavy atom. The number of amides is 1. The summed E-state index contributed by atoms with van der Waals surface area (Å²) < 4.78 is 0. The second-order valence-corrected chi connectivity index (χ2v) is 5.35. The molecule has 6 heteroatoms. The van der Waals surface area contributed by atoms with E-state index >= 15 is 0 Å². The zero-order chi connectivity index (χ0) is 15.6. The van der Waals surface area contributed by atoms with Gasteiger partial charge in [0.15, 0.2) is 0 Å². The zero-order valence-corrected chi connectivity index (χ0v) is 12.4. The largest absolute Gasteiger partial charge is 0.478 e. The highest BCUT2D eigenvalue weighted by atomic mass is 16.4. The highest BCUT2D eigenvalue weighted by Gasteiger charge is 2.31. The summed E-state index contributed by atoms with van der Waals surface area (Å²) in [5, 5.41) is 9.25. The van der Waals surface area contributed by atoms with Crippen molar-refractivity contribution in [2.24, 2.45) is 0 Å². The van der Waals surface area contributed by atoms with Gasteiger partial charge in [0.2, 0.25) is 5.91 Å². The lowest BCUT2D eigenvalue weighted by Gasteiger charge is -2.26. The monoisotopic (exact) mass is 291 g/mol. The molecule has 0 aliphatic heterocycles. The first-order valence-corrected chi connectivity index (χ1v) is 7.07. The average Bonchev–Trinajstić information content (AvgIpc) is 3.23. The van der Waals surface area contributed by atoms with Gasteiger partial charge in [0.1, 0.15) is 0 Å². The maximum atomic E-state index is 12.3. The number of likely N-dealkylation sites (N-methyl/N-ethyl adjacent to an activating group) is 2. The summed E-state index contributed by atoms with van der Waals surface area (Å²) in [6.07, 6.45) is 2.12. The standard InChI is InChI=1S/C15H21N3O3/c1-3-18(11-5-6-11)14(19)9-17(2)13-7-4-10(16)8-12(13)15(20)21/h4,7-8,11H,3,5-6,9,16H2,1-2H3,(H,20,21). The van der Waals surface area contributed by atoms with Crippen LogP contribution in [0, 0.1) is 0 Å². The summed E-state index contributed by atoms with van der Waals surface area (Å²) >= 11 is 0. The smallest absolute Gasteiger partial charge is 0.337 e. The van der Waals surface area contributed by atoms with Crippen LogP contribution in [-0.2, 0) is 4.79 Å². The number of nitrogens with zero attached hydrogens (tertiary/aromatic N) is 2. The first-order chi connectivity index (χ1) is 9.93. The maximum absolute atomic E-state index is 12.3. The van der Waals surface area contributed by atoms with Crippen LogP contribution in [0.4, 0.5) is 11.4 Å². The van der Waals surface area contributed by atoms with E-state index in [1.165, 1.54) is 6.07 Å². The van der Waals surface area contributed by atoms with E-state index in [1.807, 2.05) is 11.8 Å². The molecule has 0 heterocycles. The molecule has 1 saturated carbocycles. The van der Waals surface area contributed by atoms with Crippen molar-refractivity contribution in [2.75, 3.05) is 30.8 Å². The van der Waals surface area contributed by atoms with E-state index < -0.39 is 5.97 Å². The molecular weight excluding hydrogens is 270 g/mol. The quantitative estimate of drug-likeness (QED) is 0.774. The van der Waals surface area contributed by atoms with E-state index in [-0.39, 0.29) is 18.0 Å². The van der Waals surface area contributed by atoms with Crippen molar-refractivity contribution >= 4 is 23.3 Å². The SMILES string of the molecule is CCN(C(=O)CN(C)c1ccc(N)cc1C(=O)O)C1CC1. The Labute approximate surface area is 124 Å². The van der Waals surface area contributed by atoms with Gasteiger partial charge in [0, 0.05) is 25.3 Å². The summed E-state index contributed by atoms with van der Waals surface area (Å²) in [6, 6.07) is 5.05. The van der Waals surface area contributed by atoms with Crippen LogP contribution in [0.5, 0.6) is 0 Å². The second kappa shape index (κ2) is 6.03. The summed E-state index contributed by atoms with van der Waals surface area (Å²) in [5.41, 5.74) is 6.63. The lowest BCUT2D eigenvalue weighted by Crippen LogP contribution is -2.40. The second-order valence-electron chi connectivity index (χ2n) is 5.35. The summed E-state index contributed by atoms with van der Waals surface area (Å²) in [7, 11) is 1.72. The molecule has 0 saturated heterocycles. The Hall–Kier alpha value is -2.24. The Morgan fingerprint density at radius 2 is 2.05 bits per heavy atom. The molecule has 6 nitrogen and oxygen atoms in total. The number of carbonyl (C=O) groups excluding carboxylic acids is 1. The number of anilines is 2. The van der Waals surface area contributed by atoms with Crippen LogP contribution < -0.4 is 10.6 Å². The molecule has 3 N–H and O–H groups in total. The fourth-order valence-corrected chi connectivity index (χ4v) is 2.46. The third-order valence-electron chi connectivity index (χ3n) is 3.68. The number of carbonyl (C=O) groups is 2. The number of rotatable bonds is 6. The van der Waals surface area contributed by atoms with Gasteiger partial charge in [0.05, 0.1) is 17.8 Å². The third kappa shape index (κ3) is 3.45.